The normalized spacial score (nSPS) is 11.7. The average Bonchev–Trinajstić information content (AvgIpc) is 2.53. The molecule has 0 saturated heterocycles. The van der Waals surface area contributed by atoms with Gasteiger partial charge in [-0.05, 0) is 23.6 Å². The van der Waals surface area contributed by atoms with Gasteiger partial charge < -0.3 is 5.32 Å². The summed E-state index contributed by atoms with van der Waals surface area (Å²) in [4.78, 5) is 22.3. The number of hydrogen-bond donors (Lipinski definition) is 1. The Morgan fingerprint density at radius 3 is 2.59 bits per heavy atom. The number of nitro groups is 1. The fourth-order valence-electron chi connectivity index (χ4n) is 2.04. The summed E-state index contributed by atoms with van der Waals surface area (Å²) in [7, 11) is 0. The van der Waals surface area contributed by atoms with Crippen molar-refractivity contribution in [2.24, 2.45) is 0 Å². The number of nitrogens with one attached hydrogen (secondary N) is 1. The molecule has 0 radical (unpaired) electrons. The van der Waals surface area contributed by atoms with Crippen LogP contribution < -0.4 is 5.32 Å². The van der Waals surface area contributed by atoms with E-state index in [1.807, 2.05) is 37.3 Å². The van der Waals surface area contributed by atoms with Crippen molar-refractivity contribution in [2.75, 3.05) is 6.54 Å². The van der Waals surface area contributed by atoms with Crippen LogP contribution >= 0.6 is 11.6 Å². The van der Waals surface area contributed by atoms with Crippen LogP contribution in [0.4, 0.5) is 5.69 Å². The number of halogens is 1. The molecule has 0 aromatic heterocycles. The van der Waals surface area contributed by atoms with Gasteiger partial charge >= 0.3 is 0 Å². The topological polar surface area (TPSA) is 72.2 Å². The number of benzene rings is 2. The molecule has 0 heterocycles. The molecule has 1 amide bonds. The molecule has 0 fully saturated rings. The Balaban J connectivity index is 2.04. The average molecular weight is 319 g/mol. The number of carbonyl (C=O) groups is 1. The fraction of sp³-hybridized carbons (Fsp3) is 0.188. The molecule has 0 aliphatic rings. The molecular formula is C16H15ClN2O3. The molecule has 0 aliphatic heterocycles. The van der Waals surface area contributed by atoms with Crippen molar-refractivity contribution in [3.63, 3.8) is 0 Å². The van der Waals surface area contributed by atoms with Gasteiger partial charge in [0.2, 0.25) is 0 Å². The second kappa shape index (κ2) is 7.04. The lowest BCUT2D eigenvalue weighted by Gasteiger charge is -2.13. The van der Waals surface area contributed by atoms with E-state index in [0.29, 0.717) is 6.54 Å². The molecule has 0 spiro atoms. The van der Waals surface area contributed by atoms with Crippen molar-refractivity contribution < 1.29 is 9.72 Å². The highest BCUT2D eigenvalue weighted by Gasteiger charge is 2.16. The monoisotopic (exact) mass is 318 g/mol. The van der Waals surface area contributed by atoms with Gasteiger partial charge in [0.25, 0.3) is 11.6 Å². The molecule has 0 unspecified atom stereocenters. The second-order valence-corrected chi connectivity index (χ2v) is 5.35. The maximum absolute atomic E-state index is 12.1. The Labute approximate surface area is 133 Å². The summed E-state index contributed by atoms with van der Waals surface area (Å²) in [5.74, 6) is -0.213. The van der Waals surface area contributed by atoms with E-state index in [4.69, 9.17) is 11.6 Å². The molecule has 5 nitrogen and oxygen atoms in total. The molecule has 114 valence electrons. The summed E-state index contributed by atoms with van der Waals surface area (Å²) < 4.78 is 0. The van der Waals surface area contributed by atoms with Crippen molar-refractivity contribution in [1.82, 2.24) is 5.32 Å². The Morgan fingerprint density at radius 1 is 1.27 bits per heavy atom. The Morgan fingerprint density at radius 2 is 1.95 bits per heavy atom. The van der Waals surface area contributed by atoms with E-state index >= 15 is 0 Å². The van der Waals surface area contributed by atoms with E-state index in [2.05, 4.69) is 5.32 Å². The highest BCUT2D eigenvalue weighted by molar-refractivity contribution is 6.32. The van der Waals surface area contributed by atoms with Gasteiger partial charge in [-0.1, -0.05) is 48.9 Å². The van der Waals surface area contributed by atoms with Crippen LogP contribution in [0, 0.1) is 10.1 Å². The van der Waals surface area contributed by atoms with Gasteiger partial charge in [0.15, 0.2) is 0 Å². The first-order valence-corrected chi connectivity index (χ1v) is 7.14. The second-order valence-electron chi connectivity index (χ2n) is 4.95. The van der Waals surface area contributed by atoms with Crippen molar-refractivity contribution in [3.05, 3.63) is 74.8 Å². The lowest BCUT2D eigenvalue weighted by atomic mass is 10.0. The standard InChI is InChI=1S/C16H15ClN2O3/c1-11(12-5-3-2-4-6-12)10-18-16(20)13-7-8-14(17)15(9-13)19(21)22/h2-9,11H,10H2,1H3,(H,18,20)/t11-/m0/s1. The van der Waals surface area contributed by atoms with Crippen LogP contribution in [0.5, 0.6) is 0 Å². The first-order valence-electron chi connectivity index (χ1n) is 6.76. The van der Waals surface area contributed by atoms with Crippen LogP contribution in [0.3, 0.4) is 0 Å². The molecule has 0 bridgehead atoms. The summed E-state index contributed by atoms with van der Waals surface area (Å²) in [6.07, 6.45) is 0. The first kappa shape index (κ1) is 16.0. The van der Waals surface area contributed by atoms with Crippen molar-refractivity contribution in [2.45, 2.75) is 12.8 Å². The predicted octanol–water partition coefficient (Wildman–Crippen LogP) is 3.78. The van der Waals surface area contributed by atoms with Crippen LogP contribution in [0.1, 0.15) is 28.8 Å². The van der Waals surface area contributed by atoms with Crippen LogP contribution in [0.15, 0.2) is 48.5 Å². The Bertz CT molecular complexity index is 689. The van der Waals surface area contributed by atoms with Gasteiger partial charge in [-0.15, -0.1) is 0 Å². The number of carbonyl (C=O) groups excluding carboxylic acids is 1. The van der Waals surface area contributed by atoms with Crippen LogP contribution in [0.25, 0.3) is 0 Å². The predicted molar refractivity (Wildman–Crippen MR) is 85.3 cm³/mol. The van der Waals surface area contributed by atoms with Crippen LogP contribution in [-0.4, -0.2) is 17.4 Å². The molecule has 0 aliphatic carbocycles. The summed E-state index contributed by atoms with van der Waals surface area (Å²) >= 11 is 5.73. The Kier molecular flexibility index (Phi) is 5.12. The number of nitro benzene ring substituents is 1. The summed E-state index contributed by atoms with van der Waals surface area (Å²) in [5, 5.41) is 13.6. The molecule has 22 heavy (non-hydrogen) atoms. The molecule has 2 rings (SSSR count). The minimum Gasteiger partial charge on any atom is -0.351 e. The van der Waals surface area contributed by atoms with Gasteiger partial charge in [0, 0.05) is 18.2 Å². The zero-order chi connectivity index (χ0) is 16.1. The molecular weight excluding hydrogens is 304 g/mol. The smallest absolute Gasteiger partial charge is 0.288 e. The van der Waals surface area contributed by atoms with Crippen molar-refractivity contribution in [1.29, 1.82) is 0 Å². The van der Waals surface area contributed by atoms with E-state index in [9.17, 15) is 14.9 Å². The van der Waals surface area contributed by atoms with Crippen LogP contribution in [-0.2, 0) is 0 Å². The molecule has 6 heteroatoms. The lowest BCUT2D eigenvalue weighted by molar-refractivity contribution is -0.384. The molecule has 2 aromatic carbocycles. The lowest BCUT2D eigenvalue weighted by Crippen LogP contribution is -2.27. The third-order valence-electron chi connectivity index (χ3n) is 3.34. The van der Waals surface area contributed by atoms with Crippen molar-refractivity contribution >= 4 is 23.2 Å². The quantitative estimate of drug-likeness (QED) is 0.673. The number of amides is 1. The van der Waals surface area contributed by atoms with Gasteiger partial charge in [-0.25, -0.2) is 0 Å². The van der Waals surface area contributed by atoms with Gasteiger partial charge in [0.1, 0.15) is 5.02 Å². The molecule has 1 atom stereocenters. The zero-order valence-electron chi connectivity index (χ0n) is 12.0. The number of rotatable bonds is 5. The highest BCUT2D eigenvalue weighted by atomic mass is 35.5. The van der Waals surface area contributed by atoms with E-state index < -0.39 is 4.92 Å². The van der Waals surface area contributed by atoms with Gasteiger partial charge in [-0.2, -0.15) is 0 Å². The maximum atomic E-state index is 12.1. The summed E-state index contributed by atoms with van der Waals surface area (Å²) in [6, 6.07) is 13.8. The van der Waals surface area contributed by atoms with Gasteiger partial charge in [0.05, 0.1) is 4.92 Å². The SMILES string of the molecule is C[C@@H](CNC(=O)c1ccc(Cl)c([N+](=O)[O-])c1)c1ccccc1. The van der Waals surface area contributed by atoms with E-state index in [-0.39, 0.29) is 28.1 Å². The van der Waals surface area contributed by atoms with Crippen LogP contribution in [0.2, 0.25) is 5.02 Å². The third-order valence-corrected chi connectivity index (χ3v) is 3.66. The number of hydrogen-bond acceptors (Lipinski definition) is 3. The fourth-order valence-corrected chi connectivity index (χ4v) is 2.23. The zero-order valence-corrected chi connectivity index (χ0v) is 12.7. The maximum Gasteiger partial charge on any atom is 0.288 e. The van der Waals surface area contributed by atoms with E-state index in [0.717, 1.165) is 5.56 Å². The molecule has 1 N–H and O–H groups in total. The number of nitrogens with zero attached hydrogens (tertiary/aromatic N) is 1. The minimum atomic E-state index is -0.605. The summed E-state index contributed by atoms with van der Waals surface area (Å²) in [5.41, 5.74) is 1.06. The van der Waals surface area contributed by atoms with Gasteiger partial charge in [-0.3, -0.25) is 14.9 Å². The molecule has 2 aromatic rings. The highest BCUT2D eigenvalue weighted by Crippen LogP contribution is 2.25. The summed E-state index contributed by atoms with van der Waals surface area (Å²) in [6.45, 7) is 2.44. The van der Waals surface area contributed by atoms with Crippen molar-refractivity contribution in [3.8, 4) is 0 Å². The Hall–Kier alpha value is -2.40. The largest absolute Gasteiger partial charge is 0.351 e. The molecule has 0 saturated carbocycles. The first-order chi connectivity index (χ1) is 10.5. The van der Waals surface area contributed by atoms with E-state index in [1.54, 1.807) is 0 Å². The third kappa shape index (κ3) is 3.83. The van der Waals surface area contributed by atoms with E-state index in [1.165, 1.54) is 18.2 Å². The minimum absolute atomic E-state index is 0.0132.